The van der Waals surface area contributed by atoms with Crippen LogP contribution in [0.3, 0.4) is 0 Å². The van der Waals surface area contributed by atoms with E-state index in [0.29, 0.717) is 12.0 Å². The van der Waals surface area contributed by atoms with Crippen LogP contribution in [-0.2, 0) is 9.84 Å². The predicted octanol–water partition coefficient (Wildman–Crippen LogP) is 4.14. The highest BCUT2D eigenvalue weighted by atomic mass is 32.2. The van der Waals surface area contributed by atoms with Gasteiger partial charge in [-0.3, -0.25) is 4.79 Å². The number of sulfone groups is 1. The molecule has 0 aliphatic carbocycles. The monoisotopic (exact) mass is 418 g/mol. The van der Waals surface area contributed by atoms with Crippen LogP contribution in [0.15, 0.2) is 47.4 Å². The smallest absolute Gasteiger partial charge is 0.256 e. The number of carbonyl (C=O) groups excluding carboxylic acids is 1. The number of hydrogen-bond donors (Lipinski definition) is 1. The normalized spacial score (nSPS) is 18.6. The molecule has 1 aliphatic rings. The van der Waals surface area contributed by atoms with Gasteiger partial charge in [0, 0.05) is 15.8 Å². The van der Waals surface area contributed by atoms with Crippen LogP contribution in [0, 0.1) is 6.92 Å². The van der Waals surface area contributed by atoms with Gasteiger partial charge < -0.3 is 5.32 Å². The van der Waals surface area contributed by atoms with Crippen molar-refractivity contribution in [2.24, 2.45) is 0 Å². The largest absolute Gasteiger partial charge is 0.322 e. The molecule has 2 heterocycles. The fourth-order valence-corrected chi connectivity index (χ4v) is 7.60. The van der Waals surface area contributed by atoms with Crippen molar-refractivity contribution < 1.29 is 13.2 Å². The summed E-state index contributed by atoms with van der Waals surface area (Å²) in [6, 6.07) is 13.0. The fraction of sp³-hybridized carbons (Fsp3) is 0.263. The van der Waals surface area contributed by atoms with E-state index < -0.39 is 9.84 Å². The van der Waals surface area contributed by atoms with Gasteiger partial charge >= 0.3 is 0 Å². The fourth-order valence-electron chi connectivity index (χ4n) is 3.11. The van der Waals surface area contributed by atoms with Crippen LogP contribution in [0.2, 0.25) is 0 Å². The lowest BCUT2D eigenvalue weighted by Gasteiger charge is -2.12. The van der Waals surface area contributed by atoms with Gasteiger partial charge in [-0.15, -0.1) is 23.1 Å². The Morgan fingerprint density at radius 1 is 1.26 bits per heavy atom. The Kier molecular flexibility index (Phi) is 4.96. The number of rotatable bonds is 4. The van der Waals surface area contributed by atoms with E-state index >= 15 is 0 Å². The van der Waals surface area contributed by atoms with Crippen LogP contribution in [0.4, 0.5) is 5.69 Å². The second kappa shape index (κ2) is 7.26. The summed E-state index contributed by atoms with van der Waals surface area (Å²) < 4.78 is 24.4. The van der Waals surface area contributed by atoms with E-state index in [1.165, 1.54) is 11.8 Å². The molecule has 3 aromatic rings. The number of thiazole rings is 1. The van der Waals surface area contributed by atoms with Gasteiger partial charge in [-0.2, -0.15) is 0 Å². The molecule has 5 nitrogen and oxygen atoms in total. The summed E-state index contributed by atoms with van der Waals surface area (Å²) in [5.41, 5.74) is 2.21. The molecule has 1 saturated heterocycles. The molecule has 0 spiro atoms. The topological polar surface area (TPSA) is 76.1 Å². The van der Waals surface area contributed by atoms with Crippen LogP contribution in [0.1, 0.15) is 21.8 Å². The van der Waals surface area contributed by atoms with Crippen molar-refractivity contribution in [2.75, 3.05) is 16.8 Å². The maximum atomic E-state index is 12.8. The summed E-state index contributed by atoms with van der Waals surface area (Å²) in [4.78, 5) is 18.1. The first kappa shape index (κ1) is 18.5. The van der Waals surface area contributed by atoms with E-state index in [4.69, 9.17) is 0 Å². The summed E-state index contributed by atoms with van der Waals surface area (Å²) in [5, 5.41) is 3.94. The van der Waals surface area contributed by atoms with Gasteiger partial charge in [-0.25, -0.2) is 13.4 Å². The SMILES string of the molecule is Cc1nc2ccc(NC(=O)c3ccccc3S[C@@H]3CCS(=O)(=O)C3)cc2s1. The molecular weight excluding hydrogens is 400 g/mol. The van der Waals surface area contributed by atoms with Crippen molar-refractivity contribution in [3.63, 3.8) is 0 Å². The van der Waals surface area contributed by atoms with Crippen LogP contribution in [0.25, 0.3) is 10.2 Å². The molecule has 1 atom stereocenters. The molecule has 8 heteroatoms. The molecule has 140 valence electrons. The number of amides is 1. The van der Waals surface area contributed by atoms with E-state index in [-0.39, 0.29) is 22.7 Å². The highest BCUT2D eigenvalue weighted by molar-refractivity contribution is 8.02. The van der Waals surface area contributed by atoms with Gasteiger partial charge in [0.2, 0.25) is 0 Å². The predicted molar refractivity (Wildman–Crippen MR) is 112 cm³/mol. The van der Waals surface area contributed by atoms with Gasteiger partial charge in [0.25, 0.3) is 5.91 Å². The van der Waals surface area contributed by atoms with Gasteiger partial charge in [0.15, 0.2) is 9.84 Å². The molecule has 0 saturated carbocycles. The Morgan fingerprint density at radius 2 is 2.07 bits per heavy atom. The maximum Gasteiger partial charge on any atom is 0.256 e. The zero-order valence-corrected chi connectivity index (χ0v) is 17.1. The number of thioether (sulfide) groups is 1. The van der Waals surface area contributed by atoms with Gasteiger partial charge in [-0.1, -0.05) is 12.1 Å². The van der Waals surface area contributed by atoms with Crippen molar-refractivity contribution in [2.45, 2.75) is 23.5 Å². The Bertz CT molecular complexity index is 1120. The Balaban J connectivity index is 1.54. The van der Waals surface area contributed by atoms with Gasteiger partial charge in [-0.05, 0) is 43.7 Å². The lowest BCUT2D eigenvalue weighted by atomic mass is 10.2. The molecule has 0 unspecified atom stereocenters. The third kappa shape index (κ3) is 4.17. The lowest BCUT2D eigenvalue weighted by molar-refractivity contribution is 0.102. The Labute approximate surface area is 166 Å². The van der Waals surface area contributed by atoms with Gasteiger partial charge in [0.1, 0.15) is 0 Å². The second-order valence-electron chi connectivity index (χ2n) is 6.51. The Hall–Kier alpha value is -1.90. The minimum Gasteiger partial charge on any atom is -0.322 e. The van der Waals surface area contributed by atoms with Gasteiger partial charge in [0.05, 0.1) is 32.3 Å². The molecule has 27 heavy (non-hydrogen) atoms. The summed E-state index contributed by atoms with van der Waals surface area (Å²) in [7, 11) is -2.94. The summed E-state index contributed by atoms with van der Waals surface area (Å²) in [6.07, 6.45) is 0.629. The quantitative estimate of drug-likeness (QED) is 0.689. The average Bonchev–Trinajstić information content (AvgIpc) is 3.15. The van der Waals surface area contributed by atoms with Crippen molar-refractivity contribution in [1.29, 1.82) is 0 Å². The van der Waals surface area contributed by atoms with Crippen LogP contribution >= 0.6 is 23.1 Å². The average molecular weight is 419 g/mol. The van der Waals surface area contributed by atoms with Crippen molar-refractivity contribution in [3.8, 4) is 0 Å². The highest BCUT2D eigenvalue weighted by Gasteiger charge is 2.29. The van der Waals surface area contributed by atoms with E-state index in [9.17, 15) is 13.2 Å². The third-order valence-electron chi connectivity index (χ3n) is 4.37. The number of aryl methyl sites for hydroxylation is 1. The maximum absolute atomic E-state index is 12.8. The van der Waals surface area contributed by atoms with E-state index in [0.717, 1.165) is 25.8 Å². The standard InChI is InChI=1S/C19H18N2O3S3/c1-12-20-16-7-6-13(10-18(16)25-12)21-19(22)15-4-2-3-5-17(15)26-14-8-9-27(23,24)11-14/h2-7,10,14H,8-9,11H2,1H3,(H,21,22)/t14-/m1/s1. The molecule has 2 aromatic carbocycles. The zero-order valence-electron chi connectivity index (χ0n) is 14.6. The second-order valence-corrected chi connectivity index (χ2v) is 11.3. The Morgan fingerprint density at radius 3 is 2.85 bits per heavy atom. The molecule has 1 N–H and O–H groups in total. The number of anilines is 1. The first-order valence-corrected chi connectivity index (χ1v) is 12.1. The summed E-state index contributed by atoms with van der Waals surface area (Å²) >= 11 is 3.07. The molecule has 1 amide bonds. The molecule has 0 radical (unpaired) electrons. The van der Waals surface area contributed by atoms with Crippen LogP contribution in [-0.4, -0.2) is 36.1 Å². The summed E-state index contributed by atoms with van der Waals surface area (Å²) in [6.45, 7) is 1.96. The molecule has 1 aromatic heterocycles. The minimum atomic E-state index is -2.94. The minimum absolute atomic E-state index is 0.000434. The van der Waals surface area contributed by atoms with Crippen molar-refractivity contribution >= 4 is 54.7 Å². The molecular formula is C19H18N2O3S3. The van der Waals surface area contributed by atoms with Crippen LogP contribution in [0.5, 0.6) is 0 Å². The third-order valence-corrected chi connectivity index (χ3v) is 8.63. The molecule has 0 bridgehead atoms. The number of fused-ring (bicyclic) bond motifs is 1. The first-order valence-electron chi connectivity index (χ1n) is 8.54. The summed E-state index contributed by atoms with van der Waals surface area (Å²) in [5.74, 6) is 0.210. The number of benzene rings is 2. The van der Waals surface area contributed by atoms with Crippen molar-refractivity contribution in [1.82, 2.24) is 4.98 Å². The number of nitrogens with zero attached hydrogens (tertiary/aromatic N) is 1. The number of aromatic nitrogens is 1. The lowest BCUT2D eigenvalue weighted by Crippen LogP contribution is -2.14. The van der Waals surface area contributed by atoms with Crippen LogP contribution < -0.4 is 5.32 Å². The molecule has 1 aliphatic heterocycles. The molecule has 4 rings (SSSR count). The first-order chi connectivity index (χ1) is 12.9. The number of hydrogen-bond acceptors (Lipinski definition) is 6. The molecule has 1 fully saturated rings. The van der Waals surface area contributed by atoms with E-state index in [1.807, 2.05) is 43.3 Å². The number of nitrogens with one attached hydrogen (secondary N) is 1. The highest BCUT2D eigenvalue weighted by Crippen LogP contribution is 2.33. The number of carbonyl (C=O) groups is 1. The van der Waals surface area contributed by atoms with Crippen molar-refractivity contribution in [3.05, 3.63) is 53.0 Å². The van der Waals surface area contributed by atoms with E-state index in [1.54, 1.807) is 17.4 Å². The zero-order chi connectivity index (χ0) is 19.0. The van der Waals surface area contributed by atoms with E-state index in [2.05, 4.69) is 10.3 Å².